The third-order valence-corrected chi connectivity index (χ3v) is 1.78. The number of halogens is 1. The van der Waals surface area contributed by atoms with Crippen molar-refractivity contribution in [1.29, 1.82) is 0 Å². The van der Waals surface area contributed by atoms with Crippen molar-refractivity contribution in [2.24, 2.45) is 0 Å². The first-order valence-corrected chi connectivity index (χ1v) is 3.91. The molecule has 3 nitrogen and oxygen atoms in total. The number of fused-ring (bicyclic) bond motifs is 1. The smallest absolute Gasteiger partial charge is 0.125 e. The molecule has 0 spiro atoms. The van der Waals surface area contributed by atoms with Crippen LogP contribution in [0.25, 0.3) is 11.0 Å². The molecule has 1 heterocycles. The molecule has 0 unspecified atom stereocenters. The van der Waals surface area contributed by atoms with Crippen molar-refractivity contribution in [3.05, 3.63) is 36.7 Å². The summed E-state index contributed by atoms with van der Waals surface area (Å²) >= 11 is 0. The summed E-state index contributed by atoms with van der Waals surface area (Å²) in [6, 6.07) is 4.39. The van der Waals surface area contributed by atoms with Gasteiger partial charge in [-0.25, -0.2) is 9.07 Å². The third kappa shape index (κ3) is 1.30. The van der Waals surface area contributed by atoms with Crippen LogP contribution in [-0.2, 0) is 6.54 Å². The van der Waals surface area contributed by atoms with E-state index in [0.29, 0.717) is 17.6 Å². The Kier molecular flexibility index (Phi) is 1.81. The summed E-state index contributed by atoms with van der Waals surface area (Å²) in [5, 5.41) is 7.73. The molecule has 0 radical (unpaired) electrons. The van der Waals surface area contributed by atoms with Crippen LogP contribution in [0.4, 0.5) is 4.39 Å². The van der Waals surface area contributed by atoms with Crippen LogP contribution in [-0.4, -0.2) is 15.0 Å². The molecule has 4 heteroatoms. The van der Waals surface area contributed by atoms with Gasteiger partial charge in [0.15, 0.2) is 0 Å². The van der Waals surface area contributed by atoms with Gasteiger partial charge in [0.1, 0.15) is 11.3 Å². The molecule has 0 aliphatic rings. The number of hydrogen-bond acceptors (Lipinski definition) is 2. The van der Waals surface area contributed by atoms with Crippen LogP contribution in [0.5, 0.6) is 0 Å². The molecule has 0 saturated heterocycles. The Morgan fingerprint density at radius 2 is 2.38 bits per heavy atom. The summed E-state index contributed by atoms with van der Waals surface area (Å²) in [6.45, 7) is 4.12. The summed E-state index contributed by atoms with van der Waals surface area (Å²) < 4.78 is 14.4. The van der Waals surface area contributed by atoms with E-state index in [-0.39, 0.29) is 5.82 Å². The zero-order valence-corrected chi connectivity index (χ0v) is 6.94. The Hall–Kier alpha value is -1.71. The molecule has 1 aromatic heterocycles. The second kappa shape index (κ2) is 2.97. The molecule has 2 rings (SSSR count). The van der Waals surface area contributed by atoms with E-state index in [0.717, 1.165) is 0 Å². The highest BCUT2D eigenvalue weighted by Crippen LogP contribution is 2.12. The van der Waals surface area contributed by atoms with E-state index in [1.807, 2.05) is 0 Å². The first-order chi connectivity index (χ1) is 6.31. The summed E-state index contributed by atoms with van der Waals surface area (Å²) in [7, 11) is 0. The van der Waals surface area contributed by atoms with Crippen molar-refractivity contribution < 1.29 is 4.39 Å². The lowest BCUT2D eigenvalue weighted by molar-refractivity contribution is 0.626. The van der Waals surface area contributed by atoms with Crippen LogP contribution in [0.3, 0.4) is 0 Å². The number of nitrogens with zero attached hydrogens (tertiary/aromatic N) is 3. The maximum atomic E-state index is 12.8. The van der Waals surface area contributed by atoms with Gasteiger partial charge >= 0.3 is 0 Å². The molecule has 0 aliphatic carbocycles. The molecule has 66 valence electrons. The molecule has 0 N–H and O–H groups in total. The fourth-order valence-corrected chi connectivity index (χ4v) is 1.20. The van der Waals surface area contributed by atoms with Gasteiger partial charge in [-0.05, 0) is 12.1 Å². The van der Waals surface area contributed by atoms with Crippen LogP contribution in [0, 0.1) is 5.82 Å². The van der Waals surface area contributed by atoms with Gasteiger partial charge in [0.2, 0.25) is 0 Å². The molecular weight excluding hydrogens is 169 g/mol. The largest absolute Gasteiger partial charge is 0.241 e. The maximum absolute atomic E-state index is 12.8. The van der Waals surface area contributed by atoms with E-state index in [4.69, 9.17) is 0 Å². The number of hydrogen-bond donors (Lipinski definition) is 0. The lowest BCUT2D eigenvalue weighted by Gasteiger charge is -1.95. The van der Waals surface area contributed by atoms with E-state index < -0.39 is 0 Å². The van der Waals surface area contributed by atoms with Gasteiger partial charge in [0, 0.05) is 6.07 Å². The van der Waals surface area contributed by atoms with Gasteiger partial charge in [-0.3, -0.25) is 0 Å². The Balaban J connectivity index is 2.64. The minimum atomic E-state index is -0.278. The Bertz CT molecular complexity index is 447. The second-order valence-electron chi connectivity index (χ2n) is 2.69. The standard InChI is InChI=1S/C9H8FN3/c1-2-5-13-9-6-7(10)3-4-8(9)11-12-13/h2-4,6H,1,5H2. The quantitative estimate of drug-likeness (QED) is 0.654. The van der Waals surface area contributed by atoms with E-state index in [1.165, 1.54) is 12.1 Å². The average molecular weight is 177 g/mol. The zero-order valence-electron chi connectivity index (χ0n) is 6.94. The lowest BCUT2D eigenvalue weighted by atomic mass is 10.3. The van der Waals surface area contributed by atoms with Gasteiger partial charge in [0.25, 0.3) is 0 Å². The van der Waals surface area contributed by atoms with Gasteiger partial charge in [0.05, 0.1) is 12.1 Å². The summed E-state index contributed by atoms with van der Waals surface area (Å²) in [5.41, 5.74) is 1.39. The predicted octanol–water partition coefficient (Wildman–Crippen LogP) is 1.76. The summed E-state index contributed by atoms with van der Waals surface area (Å²) in [4.78, 5) is 0. The molecule has 0 bridgehead atoms. The highest BCUT2D eigenvalue weighted by atomic mass is 19.1. The van der Waals surface area contributed by atoms with Crippen molar-refractivity contribution in [2.75, 3.05) is 0 Å². The minimum Gasteiger partial charge on any atom is -0.241 e. The molecule has 0 fully saturated rings. The molecule has 0 saturated carbocycles. The first-order valence-electron chi connectivity index (χ1n) is 3.91. The topological polar surface area (TPSA) is 30.7 Å². The minimum absolute atomic E-state index is 0.278. The van der Waals surface area contributed by atoms with Crippen LogP contribution in [0.1, 0.15) is 0 Å². The first kappa shape index (κ1) is 7.91. The van der Waals surface area contributed by atoms with Crippen LogP contribution >= 0.6 is 0 Å². The van der Waals surface area contributed by atoms with Crippen molar-refractivity contribution >= 4 is 11.0 Å². The van der Waals surface area contributed by atoms with Gasteiger partial charge < -0.3 is 0 Å². The number of rotatable bonds is 2. The molecule has 0 amide bonds. The van der Waals surface area contributed by atoms with E-state index in [2.05, 4.69) is 16.9 Å². The molecule has 1 aromatic carbocycles. The van der Waals surface area contributed by atoms with Crippen LogP contribution < -0.4 is 0 Å². The predicted molar refractivity (Wildman–Crippen MR) is 47.7 cm³/mol. The lowest BCUT2D eigenvalue weighted by Crippen LogP contribution is -1.96. The Morgan fingerprint density at radius 3 is 3.15 bits per heavy atom. The Morgan fingerprint density at radius 1 is 1.54 bits per heavy atom. The normalized spacial score (nSPS) is 10.5. The van der Waals surface area contributed by atoms with Gasteiger partial charge in [-0.2, -0.15) is 0 Å². The summed E-state index contributed by atoms with van der Waals surface area (Å²) in [6.07, 6.45) is 1.69. The highest BCUT2D eigenvalue weighted by Gasteiger charge is 2.03. The monoisotopic (exact) mass is 177 g/mol. The fraction of sp³-hybridized carbons (Fsp3) is 0.111. The third-order valence-electron chi connectivity index (χ3n) is 1.78. The van der Waals surface area contributed by atoms with Crippen LogP contribution in [0.15, 0.2) is 30.9 Å². The zero-order chi connectivity index (χ0) is 9.26. The molecule has 2 aromatic rings. The number of benzene rings is 1. The summed E-state index contributed by atoms with van der Waals surface area (Å²) in [5.74, 6) is -0.278. The molecular formula is C9H8FN3. The highest BCUT2D eigenvalue weighted by molar-refractivity contribution is 5.74. The molecule has 13 heavy (non-hydrogen) atoms. The van der Waals surface area contributed by atoms with Gasteiger partial charge in [-0.1, -0.05) is 11.3 Å². The fourth-order valence-electron chi connectivity index (χ4n) is 1.20. The Labute approximate surface area is 74.5 Å². The van der Waals surface area contributed by atoms with E-state index in [9.17, 15) is 4.39 Å². The van der Waals surface area contributed by atoms with Crippen molar-refractivity contribution in [3.8, 4) is 0 Å². The number of allylic oxidation sites excluding steroid dienone is 1. The second-order valence-corrected chi connectivity index (χ2v) is 2.69. The maximum Gasteiger partial charge on any atom is 0.125 e. The van der Waals surface area contributed by atoms with Crippen molar-refractivity contribution in [3.63, 3.8) is 0 Å². The van der Waals surface area contributed by atoms with E-state index >= 15 is 0 Å². The molecule has 0 atom stereocenters. The van der Waals surface area contributed by atoms with Gasteiger partial charge in [-0.15, -0.1) is 11.7 Å². The van der Waals surface area contributed by atoms with Crippen LogP contribution in [0.2, 0.25) is 0 Å². The SMILES string of the molecule is C=CCn1nnc2ccc(F)cc21. The molecule has 0 aliphatic heterocycles. The number of aromatic nitrogens is 3. The van der Waals surface area contributed by atoms with Crippen molar-refractivity contribution in [2.45, 2.75) is 6.54 Å². The van der Waals surface area contributed by atoms with Crippen molar-refractivity contribution in [1.82, 2.24) is 15.0 Å². The van der Waals surface area contributed by atoms with E-state index in [1.54, 1.807) is 16.8 Å². The average Bonchev–Trinajstić information content (AvgIpc) is 2.49.